The van der Waals surface area contributed by atoms with E-state index >= 15 is 0 Å². The fraction of sp³-hybridized carbons (Fsp3) is 0.333. The van der Waals surface area contributed by atoms with E-state index < -0.39 is 6.09 Å². The van der Waals surface area contributed by atoms with Gasteiger partial charge in [-0.15, -0.1) is 0 Å². The lowest BCUT2D eigenvalue weighted by atomic mass is 10.0. The van der Waals surface area contributed by atoms with Crippen molar-refractivity contribution in [3.8, 4) is 11.1 Å². The zero-order chi connectivity index (χ0) is 22.8. The van der Waals surface area contributed by atoms with E-state index in [9.17, 15) is 9.18 Å². The number of rotatable bonds is 6. The maximum absolute atomic E-state index is 13.5. The Hall–Kier alpha value is -3.55. The van der Waals surface area contributed by atoms with Gasteiger partial charge in [-0.2, -0.15) is 4.98 Å². The number of carbonyl (C=O) groups is 1. The van der Waals surface area contributed by atoms with Gasteiger partial charge in [0.25, 0.3) is 0 Å². The van der Waals surface area contributed by atoms with E-state index in [2.05, 4.69) is 20.3 Å². The van der Waals surface area contributed by atoms with E-state index in [1.807, 2.05) is 32.9 Å². The van der Waals surface area contributed by atoms with E-state index in [1.54, 1.807) is 42.4 Å². The van der Waals surface area contributed by atoms with Crippen molar-refractivity contribution in [1.29, 1.82) is 0 Å². The Labute approximate surface area is 186 Å². The molecule has 1 unspecified atom stereocenters. The lowest BCUT2D eigenvalue weighted by Gasteiger charge is -2.23. The van der Waals surface area contributed by atoms with E-state index in [0.717, 1.165) is 16.8 Å². The number of hydrogen-bond donors (Lipinski definition) is 1. The smallest absolute Gasteiger partial charge is 0.415 e. The van der Waals surface area contributed by atoms with Gasteiger partial charge < -0.3 is 10.1 Å². The Morgan fingerprint density at radius 2 is 1.91 bits per heavy atom. The molecule has 3 aromatic rings. The number of aryl methyl sites for hydroxylation is 1. The molecule has 1 aromatic carbocycles. The van der Waals surface area contributed by atoms with E-state index in [1.165, 1.54) is 6.07 Å². The Balaban J connectivity index is 1.49. The molecule has 2 aromatic heterocycles. The number of amides is 1. The number of halogens is 1. The Morgan fingerprint density at radius 1 is 1.12 bits per heavy atom. The Bertz CT molecular complexity index is 1120. The third-order valence-corrected chi connectivity index (χ3v) is 5.63. The number of pyridine rings is 1. The number of benzene rings is 1. The van der Waals surface area contributed by atoms with Gasteiger partial charge in [0.15, 0.2) is 0 Å². The highest BCUT2D eigenvalue weighted by atomic mass is 19.1. The summed E-state index contributed by atoms with van der Waals surface area (Å²) in [5.41, 5.74) is 3.23. The molecule has 0 bridgehead atoms. The van der Waals surface area contributed by atoms with Gasteiger partial charge in [-0.05, 0) is 55.2 Å². The maximum Gasteiger partial charge on any atom is 0.415 e. The highest BCUT2D eigenvalue weighted by Gasteiger charge is 2.37. The van der Waals surface area contributed by atoms with Crippen LogP contribution in [0.15, 0.2) is 48.8 Å². The molecule has 1 fully saturated rings. The van der Waals surface area contributed by atoms with Gasteiger partial charge in [-0.25, -0.2) is 14.2 Å². The van der Waals surface area contributed by atoms with E-state index in [-0.39, 0.29) is 23.8 Å². The minimum absolute atomic E-state index is 0.0630. The Morgan fingerprint density at radius 3 is 2.59 bits per heavy atom. The molecular weight excluding hydrogens is 409 g/mol. The molecule has 1 saturated heterocycles. The third kappa shape index (κ3) is 4.39. The van der Waals surface area contributed by atoms with Crippen LogP contribution in [0.1, 0.15) is 38.1 Å². The fourth-order valence-corrected chi connectivity index (χ4v) is 3.67. The van der Waals surface area contributed by atoms with Crippen LogP contribution < -0.4 is 10.2 Å². The van der Waals surface area contributed by atoms with Gasteiger partial charge in [0.2, 0.25) is 5.95 Å². The van der Waals surface area contributed by atoms with Gasteiger partial charge in [0, 0.05) is 18.0 Å². The summed E-state index contributed by atoms with van der Waals surface area (Å²) >= 11 is 0. The predicted molar refractivity (Wildman–Crippen MR) is 121 cm³/mol. The number of cyclic esters (lactones) is 1. The van der Waals surface area contributed by atoms with Gasteiger partial charge in [-0.1, -0.05) is 26.0 Å². The van der Waals surface area contributed by atoms with Crippen LogP contribution >= 0.6 is 0 Å². The largest absolute Gasteiger partial charge is 0.447 e. The van der Waals surface area contributed by atoms with Gasteiger partial charge in [0.05, 0.1) is 17.8 Å². The van der Waals surface area contributed by atoms with Crippen LogP contribution in [0.2, 0.25) is 0 Å². The number of hydrogen-bond acceptors (Lipinski definition) is 6. The van der Waals surface area contributed by atoms with E-state index in [4.69, 9.17) is 4.74 Å². The molecule has 0 aliphatic carbocycles. The summed E-state index contributed by atoms with van der Waals surface area (Å²) in [6.45, 7) is 8.14. The highest BCUT2D eigenvalue weighted by Crippen LogP contribution is 2.27. The van der Waals surface area contributed by atoms with Crippen LogP contribution in [0.5, 0.6) is 0 Å². The van der Waals surface area contributed by atoms with Crippen molar-refractivity contribution in [2.45, 2.75) is 39.8 Å². The molecule has 0 saturated carbocycles. The van der Waals surface area contributed by atoms with Crippen LogP contribution in [-0.2, 0) is 4.74 Å². The first-order chi connectivity index (χ1) is 15.3. The van der Waals surface area contributed by atoms with Crippen LogP contribution in [-0.4, -0.2) is 33.7 Å². The number of anilines is 2. The highest BCUT2D eigenvalue weighted by molar-refractivity contribution is 5.89. The number of nitrogens with one attached hydrogen (secondary N) is 1. The zero-order valence-electron chi connectivity index (χ0n) is 18.5. The number of aromatic nitrogens is 3. The molecule has 8 heteroatoms. The minimum Gasteiger partial charge on any atom is -0.447 e. The summed E-state index contributed by atoms with van der Waals surface area (Å²) < 4.78 is 18.8. The summed E-state index contributed by atoms with van der Waals surface area (Å²) in [5.74, 6) is 0.919. The maximum atomic E-state index is 13.5. The topological polar surface area (TPSA) is 80.2 Å². The van der Waals surface area contributed by atoms with Gasteiger partial charge >= 0.3 is 6.09 Å². The van der Waals surface area contributed by atoms with Crippen molar-refractivity contribution in [2.24, 2.45) is 5.92 Å². The first-order valence-electron chi connectivity index (χ1n) is 10.6. The molecule has 7 nitrogen and oxygen atoms in total. The molecule has 3 heterocycles. The Kier molecular flexibility index (Phi) is 6.03. The standard InChI is InChI=1S/C24H26FN5O2/c1-14(2)21-13-32-24(31)30(21)22-9-10-26-23(29-22)28-16(4)20-8-6-18(12-27-20)17-5-7-19(25)15(3)11-17/h5-12,14,16,21H,13H2,1-4H3,(H,26,28,29)/t16-,21?/m1/s1. The molecule has 32 heavy (non-hydrogen) atoms. The van der Waals surface area contributed by atoms with Crippen LogP contribution in [0.4, 0.5) is 21.0 Å². The molecular formula is C24H26FN5O2. The van der Waals surface area contributed by atoms with Crippen molar-refractivity contribution in [1.82, 2.24) is 15.0 Å². The molecule has 1 N–H and O–H groups in total. The summed E-state index contributed by atoms with van der Waals surface area (Å²) in [4.78, 5) is 27.2. The summed E-state index contributed by atoms with van der Waals surface area (Å²) in [6.07, 6.45) is 2.99. The summed E-state index contributed by atoms with van der Waals surface area (Å²) in [6, 6.07) is 10.4. The molecule has 0 spiro atoms. The lowest BCUT2D eigenvalue weighted by molar-refractivity contribution is 0.177. The van der Waals surface area contributed by atoms with Crippen molar-refractivity contribution in [3.63, 3.8) is 0 Å². The van der Waals surface area contributed by atoms with Gasteiger partial charge in [-0.3, -0.25) is 9.88 Å². The fourth-order valence-electron chi connectivity index (χ4n) is 3.67. The van der Waals surface area contributed by atoms with Gasteiger partial charge in [0.1, 0.15) is 18.2 Å². The van der Waals surface area contributed by atoms with Crippen molar-refractivity contribution in [3.05, 3.63) is 65.9 Å². The summed E-state index contributed by atoms with van der Waals surface area (Å²) in [7, 11) is 0. The second-order valence-electron chi connectivity index (χ2n) is 8.30. The van der Waals surface area contributed by atoms with Crippen molar-refractivity contribution < 1.29 is 13.9 Å². The number of ether oxygens (including phenoxy) is 1. The van der Waals surface area contributed by atoms with Crippen molar-refractivity contribution in [2.75, 3.05) is 16.8 Å². The molecule has 0 radical (unpaired) electrons. The molecule has 1 aliphatic heterocycles. The molecule has 166 valence electrons. The second-order valence-corrected chi connectivity index (χ2v) is 8.30. The molecule has 4 rings (SSSR count). The first kappa shape index (κ1) is 21.7. The van der Waals surface area contributed by atoms with Crippen LogP contribution in [0.3, 0.4) is 0 Å². The molecule has 2 atom stereocenters. The number of carbonyl (C=O) groups excluding carboxylic acids is 1. The number of nitrogens with zero attached hydrogens (tertiary/aromatic N) is 4. The average molecular weight is 436 g/mol. The molecule has 1 amide bonds. The van der Waals surface area contributed by atoms with Crippen LogP contribution in [0, 0.1) is 18.7 Å². The van der Waals surface area contributed by atoms with Crippen molar-refractivity contribution >= 4 is 17.9 Å². The third-order valence-electron chi connectivity index (χ3n) is 5.63. The predicted octanol–water partition coefficient (Wildman–Crippen LogP) is 5.14. The monoisotopic (exact) mass is 435 g/mol. The zero-order valence-corrected chi connectivity index (χ0v) is 18.5. The quantitative estimate of drug-likeness (QED) is 0.577. The second kappa shape index (κ2) is 8.90. The normalized spacial score (nSPS) is 16.9. The SMILES string of the molecule is Cc1cc(-c2ccc([C@@H](C)Nc3nccc(N4C(=O)OCC4C(C)C)n3)nc2)ccc1F. The lowest BCUT2D eigenvalue weighted by Crippen LogP contribution is -2.37. The summed E-state index contributed by atoms with van der Waals surface area (Å²) in [5, 5.41) is 3.24. The first-order valence-corrected chi connectivity index (χ1v) is 10.6. The molecule has 1 aliphatic rings. The van der Waals surface area contributed by atoms with E-state index in [0.29, 0.717) is 23.9 Å². The average Bonchev–Trinajstić information content (AvgIpc) is 3.18. The van der Waals surface area contributed by atoms with Crippen LogP contribution in [0.25, 0.3) is 11.1 Å². The minimum atomic E-state index is -0.394.